The van der Waals surface area contributed by atoms with Crippen molar-refractivity contribution in [3.8, 4) is 0 Å². The van der Waals surface area contributed by atoms with Crippen molar-refractivity contribution in [3.05, 3.63) is 89.3 Å². The van der Waals surface area contributed by atoms with Gasteiger partial charge >= 0.3 is 0 Å². The first-order valence-corrected chi connectivity index (χ1v) is 9.67. The van der Waals surface area contributed by atoms with Gasteiger partial charge in [0.2, 0.25) is 5.91 Å². The van der Waals surface area contributed by atoms with Gasteiger partial charge in [0.1, 0.15) is 5.69 Å². The molecule has 1 unspecified atom stereocenters. The van der Waals surface area contributed by atoms with Crippen molar-refractivity contribution in [1.82, 2.24) is 19.9 Å². The Morgan fingerprint density at radius 1 is 1.18 bits per heavy atom. The highest BCUT2D eigenvalue weighted by atomic mass is 16.2. The van der Waals surface area contributed by atoms with Crippen molar-refractivity contribution in [2.75, 3.05) is 7.05 Å². The maximum absolute atomic E-state index is 12.7. The van der Waals surface area contributed by atoms with Crippen LogP contribution in [-0.2, 0) is 17.8 Å². The standard InChI is InChI=1S/C23H24N4O/c1-26(22-13-7-11-19-10-5-6-12-21(19)22)23(28)15-14-20-17-27(25-24-20)16-18-8-3-2-4-9-18/h2-6,8-10,12,14-15,17,22H,7,11,13,16H2,1H3. The van der Waals surface area contributed by atoms with Gasteiger partial charge < -0.3 is 4.90 Å². The molecule has 28 heavy (non-hydrogen) atoms. The molecule has 0 radical (unpaired) electrons. The lowest BCUT2D eigenvalue weighted by atomic mass is 9.87. The van der Waals surface area contributed by atoms with Crippen LogP contribution in [0, 0.1) is 0 Å². The van der Waals surface area contributed by atoms with Crippen LogP contribution in [0.2, 0.25) is 0 Å². The average Bonchev–Trinajstić information content (AvgIpc) is 3.19. The Morgan fingerprint density at radius 2 is 1.96 bits per heavy atom. The highest BCUT2D eigenvalue weighted by molar-refractivity contribution is 5.91. The molecule has 4 rings (SSSR count). The second-order valence-electron chi connectivity index (χ2n) is 7.22. The summed E-state index contributed by atoms with van der Waals surface area (Å²) in [5, 5.41) is 8.29. The molecule has 1 aromatic heterocycles. The molecular weight excluding hydrogens is 348 g/mol. The zero-order valence-corrected chi connectivity index (χ0v) is 16.0. The van der Waals surface area contributed by atoms with E-state index in [2.05, 4.69) is 46.7 Å². The van der Waals surface area contributed by atoms with Gasteiger partial charge in [-0.3, -0.25) is 4.79 Å². The highest BCUT2D eigenvalue weighted by Crippen LogP contribution is 2.33. The van der Waals surface area contributed by atoms with E-state index in [1.165, 1.54) is 11.1 Å². The van der Waals surface area contributed by atoms with Crippen LogP contribution >= 0.6 is 0 Å². The minimum absolute atomic E-state index is 0.0145. The van der Waals surface area contributed by atoms with Gasteiger partial charge in [-0.05, 0) is 42.0 Å². The van der Waals surface area contributed by atoms with E-state index in [-0.39, 0.29) is 11.9 Å². The fourth-order valence-electron chi connectivity index (χ4n) is 3.80. The van der Waals surface area contributed by atoms with Gasteiger partial charge in [0.25, 0.3) is 0 Å². The van der Waals surface area contributed by atoms with Gasteiger partial charge in [-0.2, -0.15) is 0 Å². The first-order valence-electron chi connectivity index (χ1n) is 9.67. The van der Waals surface area contributed by atoms with Crippen LogP contribution in [0.15, 0.2) is 66.9 Å². The smallest absolute Gasteiger partial charge is 0.246 e. The Balaban J connectivity index is 1.42. The number of aromatic nitrogens is 3. The van der Waals surface area contributed by atoms with Gasteiger partial charge in [-0.25, -0.2) is 4.68 Å². The predicted molar refractivity (Wildman–Crippen MR) is 109 cm³/mol. The largest absolute Gasteiger partial charge is 0.335 e. The third-order valence-electron chi connectivity index (χ3n) is 5.29. The van der Waals surface area contributed by atoms with E-state index in [9.17, 15) is 4.79 Å². The summed E-state index contributed by atoms with van der Waals surface area (Å²) >= 11 is 0. The molecule has 0 saturated carbocycles. The summed E-state index contributed by atoms with van der Waals surface area (Å²) in [6, 6.07) is 18.7. The lowest BCUT2D eigenvalue weighted by Gasteiger charge is -2.32. The zero-order valence-electron chi connectivity index (χ0n) is 16.0. The number of rotatable bonds is 5. The van der Waals surface area contributed by atoms with Crippen LogP contribution in [0.1, 0.15) is 41.3 Å². The van der Waals surface area contributed by atoms with E-state index in [4.69, 9.17) is 0 Å². The molecule has 0 spiro atoms. The molecule has 0 aliphatic heterocycles. The number of carbonyl (C=O) groups excluding carboxylic acids is 1. The van der Waals surface area contributed by atoms with Crippen molar-refractivity contribution in [2.24, 2.45) is 0 Å². The molecule has 0 fully saturated rings. The number of amides is 1. The fourth-order valence-corrected chi connectivity index (χ4v) is 3.80. The number of fused-ring (bicyclic) bond motifs is 1. The van der Waals surface area contributed by atoms with Crippen LogP contribution in [0.4, 0.5) is 0 Å². The van der Waals surface area contributed by atoms with Crippen LogP contribution < -0.4 is 0 Å². The lowest BCUT2D eigenvalue weighted by Crippen LogP contribution is -2.32. The third-order valence-corrected chi connectivity index (χ3v) is 5.29. The predicted octanol–water partition coefficient (Wildman–Crippen LogP) is 3.88. The molecule has 0 bridgehead atoms. The SMILES string of the molecule is CN(C(=O)C=Cc1cn(Cc2ccccc2)nn1)C1CCCc2ccccc21. The monoisotopic (exact) mass is 372 g/mol. The van der Waals surface area contributed by atoms with Crippen molar-refractivity contribution < 1.29 is 4.79 Å². The number of carbonyl (C=O) groups is 1. The molecule has 142 valence electrons. The summed E-state index contributed by atoms with van der Waals surface area (Å²) in [5.74, 6) is -0.0145. The number of hydrogen-bond donors (Lipinski definition) is 0. The van der Waals surface area contributed by atoms with Crippen molar-refractivity contribution in [3.63, 3.8) is 0 Å². The van der Waals surface area contributed by atoms with Gasteiger partial charge in [0, 0.05) is 13.1 Å². The quantitative estimate of drug-likeness (QED) is 0.639. The molecule has 5 heteroatoms. The van der Waals surface area contributed by atoms with Crippen LogP contribution in [0.25, 0.3) is 6.08 Å². The Morgan fingerprint density at radius 3 is 2.82 bits per heavy atom. The molecule has 1 aliphatic carbocycles. The Labute approximate surface area is 165 Å². The lowest BCUT2D eigenvalue weighted by molar-refractivity contribution is -0.127. The molecule has 0 saturated heterocycles. The Hall–Kier alpha value is -3.21. The zero-order chi connectivity index (χ0) is 19.3. The van der Waals surface area contributed by atoms with Gasteiger partial charge in [0.15, 0.2) is 0 Å². The van der Waals surface area contributed by atoms with Crippen LogP contribution in [0.3, 0.4) is 0 Å². The van der Waals surface area contributed by atoms with Crippen molar-refractivity contribution in [1.29, 1.82) is 0 Å². The number of benzene rings is 2. The summed E-state index contributed by atoms with van der Waals surface area (Å²) in [4.78, 5) is 14.5. The molecule has 2 aromatic carbocycles. The van der Waals surface area contributed by atoms with Gasteiger partial charge in [0.05, 0.1) is 18.8 Å². The topological polar surface area (TPSA) is 51.0 Å². The van der Waals surface area contributed by atoms with Gasteiger partial charge in [-0.15, -0.1) is 5.10 Å². The molecule has 3 aromatic rings. The Bertz CT molecular complexity index is 977. The maximum atomic E-state index is 12.7. The fraction of sp³-hybridized carbons (Fsp3) is 0.261. The first kappa shape index (κ1) is 18.2. The average molecular weight is 372 g/mol. The molecule has 1 aliphatic rings. The number of likely N-dealkylation sites (N-methyl/N-ethyl adjacent to an activating group) is 1. The summed E-state index contributed by atoms with van der Waals surface area (Å²) in [6.07, 6.45) is 8.38. The first-order chi connectivity index (χ1) is 13.7. The van der Waals surface area contributed by atoms with E-state index in [0.29, 0.717) is 12.2 Å². The molecule has 1 heterocycles. The van der Waals surface area contributed by atoms with E-state index in [0.717, 1.165) is 24.8 Å². The van der Waals surface area contributed by atoms with E-state index in [1.54, 1.807) is 16.8 Å². The Kier molecular flexibility index (Phi) is 5.33. The van der Waals surface area contributed by atoms with E-state index < -0.39 is 0 Å². The molecule has 1 atom stereocenters. The summed E-state index contributed by atoms with van der Waals surface area (Å²) < 4.78 is 1.78. The molecule has 5 nitrogen and oxygen atoms in total. The van der Waals surface area contributed by atoms with Crippen molar-refractivity contribution in [2.45, 2.75) is 31.8 Å². The van der Waals surface area contributed by atoms with E-state index >= 15 is 0 Å². The van der Waals surface area contributed by atoms with Crippen LogP contribution in [-0.4, -0.2) is 32.8 Å². The molecule has 1 amide bonds. The number of hydrogen-bond acceptors (Lipinski definition) is 3. The molecular formula is C23H24N4O. The third kappa shape index (κ3) is 4.03. The molecule has 0 N–H and O–H groups in total. The van der Waals surface area contributed by atoms with E-state index in [1.807, 2.05) is 36.3 Å². The minimum Gasteiger partial charge on any atom is -0.335 e. The summed E-state index contributed by atoms with van der Waals surface area (Å²) in [7, 11) is 1.88. The second-order valence-corrected chi connectivity index (χ2v) is 7.22. The summed E-state index contributed by atoms with van der Waals surface area (Å²) in [5.41, 5.74) is 4.47. The normalized spacial score (nSPS) is 16.1. The van der Waals surface area contributed by atoms with Gasteiger partial charge in [-0.1, -0.05) is 59.8 Å². The van der Waals surface area contributed by atoms with Crippen LogP contribution in [0.5, 0.6) is 0 Å². The number of nitrogens with zero attached hydrogens (tertiary/aromatic N) is 4. The second kappa shape index (κ2) is 8.21. The number of aryl methyl sites for hydroxylation is 1. The maximum Gasteiger partial charge on any atom is 0.246 e. The van der Waals surface area contributed by atoms with Crippen molar-refractivity contribution >= 4 is 12.0 Å². The highest BCUT2D eigenvalue weighted by Gasteiger charge is 2.25. The summed E-state index contributed by atoms with van der Waals surface area (Å²) in [6.45, 7) is 0.661. The minimum atomic E-state index is -0.0145.